The van der Waals surface area contributed by atoms with E-state index in [0.29, 0.717) is 24.4 Å². The van der Waals surface area contributed by atoms with E-state index in [0.717, 1.165) is 19.5 Å². The predicted molar refractivity (Wildman–Crippen MR) is 88.9 cm³/mol. The van der Waals surface area contributed by atoms with Gasteiger partial charge in [-0.05, 0) is 35.9 Å². The summed E-state index contributed by atoms with van der Waals surface area (Å²) in [7, 11) is 0. The molecule has 0 heterocycles. The zero-order valence-electron chi connectivity index (χ0n) is 13.9. The molecule has 2 heteroatoms. The van der Waals surface area contributed by atoms with Gasteiger partial charge in [0.15, 0.2) is 0 Å². The summed E-state index contributed by atoms with van der Waals surface area (Å²) in [5, 5.41) is 0. The Morgan fingerprint density at radius 1 is 1.00 bits per heavy atom. The molecule has 0 bridgehead atoms. The standard InChI is InChI=1S/C18H32N2/c1-6-20(13-15(4)5)18(12-19)17-9-7-16(8-10-17)11-14(2)3/h7-10,14-15,18H,6,11-13,19H2,1-5H3. The fourth-order valence-electron chi connectivity index (χ4n) is 2.79. The molecule has 1 unspecified atom stereocenters. The maximum atomic E-state index is 6.03. The molecule has 0 aliphatic carbocycles. The first-order chi connectivity index (χ1) is 9.47. The normalized spacial score (nSPS) is 13.4. The molecule has 0 amide bonds. The zero-order valence-corrected chi connectivity index (χ0v) is 13.9. The first-order valence-corrected chi connectivity index (χ1v) is 8.00. The van der Waals surface area contributed by atoms with Crippen LogP contribution in [0.5, 0.6) is 0 Å². The van der Waals surface area contributed by atoms with Gasteiger partial charge in [-0.3, -0.25) is 4.90 Å². The molecule has 1 rings (SSSR count). The Kier molecular flexibility index (Phi) is 7.25. The van der Waals surface area contributed by atoms with Crippen molar-refractivity contribution in [3.63, 3.8) is 0 Å². The van der Waals surface area contributed by atoms with E-state index in [9.17, 15) is 0 Å². The summed E-state index contributed by atoms with van der Waals surface area (Å²) >= 11 is 0. The Bertz CT molecular complexity index is 368. The second kappa shape index (κ2) is 8.43. The molecule has 0 aliphatic rings. The van der Waals surface area contributed by atoms with Crippen molar-refractivity contribution in [3.8, 4) is 0 Å². The molecule has 0 saturated heterocycles. The van der Waals surface area contributed by atoms with Crippen LogP contribution in [0.4, 0.5) is 0 Å². The van der Waals surface area contributed by atoms with Gasteiger partial charge >= 0.3 is 0 Å². The number of nitrogens with zero attached hydrogens (tertiary/aromatic N) is 1. The van der Waals surface area contributed by atoms with Crippen molar-refractivity contribution < 1.29 is 0 Å². The van der Waals surface area contributed by atoms with Crippen molar-refractivity contribution >= 4 is 0 Å². The number of rotatable bonds is 8. The van der Waals surface area contributed by atoms with Crippen LogP contribution in [0.25, 0.3) is 0 Å². The van der Waals surface area contributed by atoms with E-state index in [4.69, 9.17) is 5.73 Å². The molecule has 1 aromatic rings. The van der Waals surface area contributed by atoms with Gasteiger partial charge in [-0.15, -0.1) is 0 Å². The second-order valence-corrected chi connectivity index (χ2v) is 6.57. The van der Waals surface area contributed by atoms with Gasteiger partial charge in [0.05, 0.1) is 0 Å². The average molecular weight is 276 g/mol. The molecular weight excluding hydrogens is 244 g/mol. The van der Waals surface area contributed by atoms with Crippen LogP contribution in [-0.2, 0) is 6.42 Å². The van der Waals surface area contributed by atoms with Crippen molar-refractivity contribution in [2.45, 2.75) is 47.1 Å². The number of nitrogens with two attached hydrogens (primary N) is 1. The summed E-state index contributed by atoms with van der Waals surface area (Å²) in [6.45, 7) is 14.1. The molecule has 2 N–H and O–H groups in total. The van der Waals surface area contributed by atoms with E-state index >= 15 is 0 Å². The zero-order chi connectivity index (χ0) is 15.1. The number of hydrogen-bond donors (Lipinski definition) is 1. The van der Waals surface area contributed by atoms with Gasteiger partial charge < -0.3 is 5.73 Å². The molecule has 1 aromatic carbocycles. The van der Waals surface area contributed by atoms with E-state index in [1.807, 2.05) is 0 Å². The number of hydrogen-bond acceptors (Lipinski definition) is 2. The highest BCUT2D eigenvalue weighted by atomic mass is 15.2. The topological polar surface area (TPSA) is 29.3 Å². The molecular formula is C18H32N2. The third kappa shape index (κ3) is 5.26. The molecule has 1 atom stereocenters. The van der Waals surface area contributed by atoms with Gasteiger partial charge in [-0.2, -0.15) is 0 Å². The quantitative estimate of drug-likeness (QED) is 0.781. The minimum Gasteiger partial charge on any atom is -0.329 e. The smallest absolute Gasteiger partial charge is 0.0470 e. The summed E-state index contributed by atoms with van der Waals surface area (Å²) in [5.41, 5.74) is 8.81. The predicted octanol–water partition coefficient (Wildman–Crippen LogP) is 3.86. The fraction of sp³-hybridized carbons (Fsp3) is 0.667. The molecule has 2 nitrogen and oxygen atoms in total. The maximum Gasteiger partial charge on any atom is 0.0470 e. The molecule has 114 valence electrons. The summed E-state index contributed by atoms with van der Waals surface area (Å²) in [4.78, 5) is 2.49. The second-order valence-electron chi connectivity index (χ2n) is 6.57. The van der Waals surface area contributed by atoms with Crippen LogP contribution in [0.15, 0.2) is 24.3 Å². The van der Waals surface area contributed by atoms with E-state index in [1.54, 1.807) is 0 Å². The van der Waals surface area contributed by atoms with E-state index in [2.05, 4.69) is 63.8 Å². The van der Waals surface area contributed by atoms with Gasteiger partial charge in [0.2, 0.25) is 0 Å². The van der Waals surface area contributed by atoms with Crippen molar-refractivity contribution in [2.75, 3.05) is 19.6 Å². The van der Waals surface area contributed by atoms with Crippen LogP contribution in [0, 0.1) is 11.8 Å². The molecule has 0 aromatic heterocycles. The molecule has 0 aliphatic heterocycles. The first kappa shape index (κ1) is 17.2. The maximum absolute atomic E-state index is 6.03. The highest BCUT2D eigenvalue weighted by Gasteiger charge is 2.18. The van der Waals surface area contributed by atoms with E-state index in [1.165, 1.54) is 11.1 Å². The lowest BCUT2D eigenvalue weighted by molar-refractivity contribution is 0.189. The average Bonchev–Trinajstić information content (AvgIpc) is 2.39. The van der Waals surface area contributed by atoms with Gasteiger partial charge in [0.25, 0.3) is 0 Å². The van der Waals surface area contributed by atoms with Crippen LogP contribution >= 0.6 is 0 Å². The van der Waals surface area contributed by atoms with Crippen LogP contribution in [0.3, 0.4) is 0 Å². The van der Waals surface area contributed by atoms with E-state index < -0.39 is 0 Å². The lowest BCUT2D eigenvalue weighted by Crippen LogP contribution is -2.36. The highest BCUT2D eigenvalue weighted by Crippen LogP contribution is 2.22. The third-order valence-corrected chi connectivity index (χ3v) is 3.68. The molecule has 0 spiro atoms. The summed E-state index contributed by atoms with van der Waals surface area (Å²) in [6, 6.07) is 9.40. The Labute approximate surface area is 125 Å². The van der Waals surface area contributed by atoms with Crippen LogP contribution < -0.4 is 5.73 Å². The monoisotopic (exact) mass is 276 g/mol. The van der Waals surface area contributed by atoms with Gasteiger partial charge in [-0.1, -0.05) is 58.9 Å². The number of benzene rings is 1. The summed E-state index contributed by atoms with van der Waals surface area (Å²) in [6.07, 6.45) is 1.15. The van der Waals surface area contributed by atoms with Gasteiger partial charge in [0, 0.05) is 19.1 Å². The highest BCUT2D eigenvalue weighted by molar-refractivity contribution is 5.25. The van der Waals surface area contributed by atoms with Crippen LogP contribution in [0.1, 0.15) is 51.8 Å². The Balaban J connectivity index is 2.83. The van der Waals surface area contributed by atoms with Gasteiger partial charge in [0.1, 0.15) is 0 Å². The SMILES string of the molecule is CCN(CC(C)C)C(CN)c1ccc(CC(C)C)cc1. The van der Waals surface area contributed by atoms with Crippen LogP contribution in [-0.4, -0.2) is 24.5 Å². The molecule has 0 fully saturated rings. The van der Waals surface area contributed by atoms with Crippen molar-refractivity contribution in [2.24, 2.45) is 17.6 Å². The lowest BCUT2D eigenvalue weighted by Gasteiger charge is -2.31. The summed E-state index contributed by atoms with van der Waals surface area (Å²) < 4.78 is 0. The minimum atomic E-state index is 0.343. The molecule has 20 heavy (non-hydrogen) atoms. The largest absolute Gasteiger partial charge is 0.329 e. The first-order valence-electron chi connectivity index (χ1n) is 8.00. The van der Waals surface area contributed by atoms with Crippen molar-refractivity contribution in [1.82, 2.24) is 4.90 Å². The Morgan fingerprint density at radius 2 is 1.60 bits per heavy atom. The molecule has 0 radical (unpaired) electrons. The third-order valence-electron chi connectivity index (χ3n) is 3.68. The Morgan fingerprint density at radius 3 is 2.00 bits per heavy atom. The van der Waals surface area contributed by atoms with Crippen molar-refractivity contribution in [3.05, 3.63) is 35.4 Å². The van der Waals surface area contributed by atoms with Crippen LogP contribution in [0.2, 0.25) is 0 Å². The minimum absolute atomic E-state index is 0.343. The van der Waals surface area contributed by atoms with E-state index in [-0.39, 0.29) is 0 Å². The molecule has 0 saturated carbocycles. The number of likely N-dealkylation sites (N-methyl/N-ethyl adjacent to an activating group) is 1. The fourth-order valence-corrected chi connectivity index (χ4v) is 2.79. The summed E-state index contributed by atoms with van der Waals surface area (Å²) in [5.74, 6) is 1.38. The van der Waals surface area contributed by atoms with Gasteiger partial charge in [-0.25, -0.2) is 0 Å². The Hall–Kier alpha value is -0.860. The van der Waals surface area contributed by atoms with Crippen molar-refractivity contribution in [1.29, 1.82) is 0 Å². The lowest BCUT2D eigenvalue weighted by atomic mass is 9.98.